The smallest absolute Gasteiger partial charge is 0.0558 e. The van der Waals surface area contributed by atoms with Crippen LogP contribution in [-0.2, 0) is 0 Å². The van der Waals surface area contributed by atoms with Gasteiger partial charge in [-0.1, -0.05) is 17.7 Å². The molecule has 82 valence electrons. The summed E-state index contributed by atoms with van der Waals surface area (Å²) in [4.78, 5) is 4.70. The van der Waals surface area contributed by atoms with Gasteiger partial charge < -0.3 is 5.11 Å². The molecule has 1 N–H and O–H groups in total. The Kier molecular flexibility index (Phi) is 6.19. The van der Waals surface area contributed by atoms with Gasteiger partial charge >= 0.3 is 0 Å². The van der Waals surface area contributed by atoms with Crippen molar-refractivity contribution in [2.45, 2.75) is 6.42 Å². The molecule has 0 radical (unpaired) electrons. The first kappa shape index (κ1) is 12.0. The van der Waals surface area contributed by atoms with E-state index in [2.05, 4.69) is 9.80 Å². The molecule has 3 nitrogen and oxygen atoms in total. The fraction of sp³-hybridized carbons (Fsp3) is 0.800. The van der Waals surface area contributed by atoms with Gasteiger partial charge in [-0.25, -0.2) is 0 Å². The molecule has 0 aromatic rings. The second-order valence-corrected chi connectivity index (χ2v) is 3.83. The third kappa shape index (κ3) is 4.42. The Morgan fingerprint density at radius 1 is 1.14 bits per heavy atom. The van der Waals surface area contributed by atoms with Crippen LogP contribution >= 0.6 is 11.6 Å². The Hall–Kier alpha value is -0.0900. The molecule has 14 heavy (non-hydrogen) atoms. The first-order chi connectivity index (χ1) is 6.86. The SMILES string of the molecule is OCCN1CCCN(CC=CCl)CC1. The lowest BCUT2D eigenvalue weighted by molar-refractivity contribution is 0.198. The lowest BCUT2D eigenvalue weighted by atomic mass is 10.4. The van der Waals surface area contributed by atoms with E-state index in [1.54, 1.807) is 5.54 Å². The predicted octanol–water partition coefficient (Wildman–Crippen LogP) is 0.739. The molecule has 0 saturated carbocycles. The Bertz CT molecular complexity index is 176. The van der Waals surface area contributed by atoms with Crippen LogP contribution in [0, 0.1) is 0 Å². The van der Waals surface area contributed by atoms with Crippen LogP contribution in [0.25, 0.3) is 0 Å². The monoisotopic (exact) mass is 218 g/mol. The summed E-state index contributed by atoms with van der Waals surface area (Å²) in [6.45, 7) is 6.36. The fourth-order valence-corrected chi connectivity index (χ4v) is 1.84. The van der Waals surface area contributed by atoms with Crippen LogP contribution < -0.4 is 0 Å². The summed E-state index contributed by atoms with van der Waals surface area (Å²) in [5.41, 5.74) is 1.58. The minimum atomic E-state index is 0.265. The van der Waals surface area contributed by atoms with Crippen molar-refractivity contribution in [1.29, 1.82) is 0 Å². The van der Waals surface area contributed by atoms with E-state index in [0.29, 0.717) is 0 Å². The molecule has 0 bridgehead atoms. The van der Waals surface area contributed by atoms with Crippen molar-refractivity contribution in [3.63, 3.8) is 0 Å². The number of hydrogen-bond acceptors (Lipinski definition) is 3. The molecular weight excluding hydrogens is 200 g/mol. The number of β-amino-alcohol motifs (C(OH)–C–C–N with tert-alkyl or cyclic N) is 1. The van der Waals surface area contributed by atoms with Gasteiger partial charge in [-0.05, 0) is 19.5 Å². The molecule has 4 heteroatoms. The van der Waals surface area contributed by atoms with E-state index >= 15 is 0 Å². The van der Waals surface area contributed by atoms with Crippen LogP contribution in [0.5, 0.6) is 0 Å². The van der Waals surface area contributed by atoms with Gasteiger partial charge in [0.15, 0.2) is 0 Å². The second kappa shape index (κ2) is 7.23. The van der Waals surface area contributed by atoms with E-state index < -0.39 is 0 Å². The molecule has 0 aromatic heterocycles. The van der Waals surface area contributed by atoms with Gasteiger partial charge in [0.1, 0.15) is 0 Å². The maximum absolute atomic E-state index is 8.83. The number of hydrogen-bond donors (Lipinski definition) is 1. The molecule has 1 aliphatic rings. The molecule has 1 saturated heterocycles. The lowest BCUT2D eigenvalue weighted by Crippen LogP contribution is -2.32. The molecule has 0 spiro atoms. The molecule has 1 heterocycles. The number of nitrogens with zero attached hydrogens (tertiary/aromatic N) is 2. The summed E-state index contributed by atoms with van der Waals surface area (Å²) in [5, 5.41) is 8.83. The van der Waals surface area contributed by atoms with Crippen molar-refractivity contribution >= 4 is 11.6 Å². The van der Waals surface area contributed by atoms with Crippen molar-refractivity contribution < 1.29 is 5.11 Å². The molecule has 0 aromatic carbocycles. The number of aliphatic hydroxyl groups is 1. The second-order valence-electron chi connectivity index (χ2n) is 3.58. The minimum Gasteiger partial charge on any atom is -0.395 e. The maximum atomic E-state index is 8.83. The Morgan fingerprint density at radius 2 is 1.86 bits per heavy atom. The number of aliphatic hydroxyl groups excluding tert-OH is 1. The highest BCUT2D eigenvalue weighted by Gasteiger charge is 2.12. The zero-order valence-corrected chi connectivity index (χ0v) is 9.29. The predicted molar refractivity (Wildman–Crippen MR) is 59.6 cm³/mol. The van der Waals surface area contributed by atoms with Crippen LogP contribution in [-0.4, -0.2) is 60.8 Å². The third-order valence-electron chi connectivity index (χ3n) is 2.55. The topological polar surface area (TPSA) is 26.7 Å². The summed E-state index contributed by atoms with van der Waals surface area (Å²) in [7, 11) is 0. The van der Waals surface area contributed by atoms with Crippen LogP contribution in [0.1, 0.15) is 6.42 Å². The van der Waals surface area contributed by atoms with Gasteiger partial charge in [-0.15, -0.1) is 0 Å². The normalized spacial score (nSPS) is 21.6. The molecule has 0 aliphatic carbocycles. The van der Waals surface area contributed by atoms with E-state index in [1.807, 2.05) is 6.08 Å². The van der Waals surface area contributed by atoms with Crippen LogP contribution in [0.15, 0.2) is 11.6 Å². The summed E-state index contributed by atoms with van der Waals surface area (Å²) < 4.78 is 0. The first-order valence-electron chi connectivity index (χ1n) is 5.17. The number of halogens is 1. The van der Waals surface area contributed by atoms with Crippen LogP contribution in [0.3, 0.4) is 0 Å². The van der Waals surface area contributed by atoms with Crippen LogP contribution in [0.4, 0.5) is 0 Å². The lowest BCUT2D eigenvalue weighted by Gasteiger charge is -2.19. The van der Waals surface area contributed by atoms with Gasteiger partial charge in [0.25, 0.3) is 0 Å². The zero-order valence-electron chi connectivity index (χ0n) is 8.53. The van der Waals surface area contributed by atoms with Crippen LogP contribution in [0.2, 0.25) is 0 Å². The standard InChI is InChI=1S/C10H19ClN2O/c11-3-1-4-12-5-2-6-13(8-7-12)9-10-14/h1,3,14H,2,4-10H2. The fourth-order valence-electron chi connectivity index (χ4n) is 1.76. The van der Waals surface area contributed by atoms with Crippen molar-refractivity contribution in [1.82, 2.24) is 9.80 Å². The van der Waals surface area contributed by atoms with Gasteiger partial charge in [-0.2, -0.15) is 0 Å². The van der Waals surface area contributed by atoms with Gasteiger partial charge in [0, 0.05) is 31.7 Å². The van der Waals surface area contributed by atoms with Gasteiger partial charge in [0.05, 0.1) is 6.61 Å². The van der Waals surface area contributed by atoms with E-state index in [4.69, 9.17) is 16.7 Å². The quantitative estimate of drug-likeness (QED) is 0.754. The molecule has 1 rings (SSSR count). The highest BCUT2D eigenvalue weighted by Crippen LogP contribution is 2.02. The molecule has 0 atom stereocenters. The van der Waals surface area contributed by atoms with Crippen molar-refractivity contribution in [3.05, 3.63) is 11.6 Å². The van der Waals surface area contributed by atoms with Crippen molar-refractivity contribution in [2.75, 3.05) is 45.9 Å². The summed E-state index contributed by atoms with van der Waals surface area (Å²) in [5.74, 6) is 0. The zero-order chi connectivity index (χ0) is 10.2. The van der Waals surface area contributed by atoms with Crippen molar-refractivity contribution in [2.24, 2.45) is 0 Å². The molecule has 0 unspecified atom stereocenters. The van der Waals surface area contributed by atoms with Gasteiger partial charge in [0.2, 0.25) is 0 Å². The third-order valence-corrected chi connectivity index (χ3v) is 2.73. The highest BCUT2D eigenvalue weighted by molar-refractivity contribution is 6.25. The van der Waals surface area contributed by atoms with Crippen molar-refractivity contribution in [3.8, 4) is 0 Å². The Balaban J connectivity index is 2.25. The largest absolute Gasteiger partial charge is 0.395 e. The average Bonchev–Trinajstić information content (AvgIpc) is 2.41. The maximum Gasteiger partial charge on any atom is 0.0558 e. The van der Waals surface area contributed by atoms with E-state index in [0.717, 1.165) is 39.3 Å². The molecule has 1 aliphatic heterocycles. The number of rotatable bonds is 4. The minimum absolute atomic E-state index is 0.265. The molecule has 0 amide bonds. The van der Waals surface area contributed by atoms with E-state index in [1.165, 1.54) is 6.42 Å². The Labute approximate surface area is 90.9 Å². The molecular formula is C10H19ClN2O. The summed E-state index contributed by atoms with van der Waals surface area (Å²) >= 11 is 5.49. The van der Waals surface area contributed by atoms with E-state index in [9.17, 15) is 0 Å². The highest BCUT2D eigenvalue weighted by atomic mass is 35.5. The molecule has 1 fully saturated rings. The average molecular weight is 219 g/mol. The Morgan fingerprint density at radius 3 is 2.57 bits per heavy atom. The first-order valence-corrected chi connectivity index (χ1v) is 5.61. The summed E-state index contributed by atoms with van der Waals surface area (Å²) in [6.07, 6.45) is 3.15. The summed E-state index contributed by atoms with van der Waals surface area (Å²) in [6, 6.07) is 0. The van der Waals surface area contributed by atoms with Gasteiger partial charge in [-0.3, -0.25) is 9.80 Å². The van der Waals surface area contributed by atoms with E-state index in [-0.39, 0.29) is 6.61 Å².